The lowest BCUT2D eigenvalue weighted by molar-refractivity contribution is -0.120. The first-order valence-corrected chi connectivity index (χ1v) is 9.44. The molecule has 1 amide bonds. The van der Waals surface area contributed by atoms with Crippen LogP contribution in [0.15, 0.2) is 42.7 Å². The Hall–Kier alpha value is -2.58. The number of nitrogens with zero attached hydrogens (tertiary/aromatic N) is 5. The van der Waals surface area contributed by atoms with Crippen LogP contribution in [-0.4, -0.2) is 43.6 Å². The Balaban J connectivity index is 1.44. The van der Waals surface area contributed by atoms with Crippen LogP contribution in [-0.2, 0) is 11.3 Å². The van der Waals surface area contributed by atoms with Crippen molar-refractivity contribution in [2.75, 3.05) is 11.9 Å². The third kappa shape index (κ3) is 3.66. The van der Waals surface area contributed by atoms with Crippen LogP contribution in [0.25, 0.3) is 5.69 Å². The van der Waals surface area contributed by atoms with E-state index < -0.39 is 0 Å². The van der Waals surface area contributed by atoms with Crippen LogP contribution in [0.2, 0.25) is 0 Å². The number of rotatable bonds is 5. The van der Waals surface area contributed by atoms with E-state index in [2.05, 4.69) is 44.8 Å². The normalized spacial score (nSPS) is 17.5. The Kier molecular flexibility index (Phi) is 4.77. The predicted molar refractivity (Wildman–Crippen MR) is 100 cm³/mol. The van der Waals surface area contributed by atoms with Gasteiger partial charge >= 0.3 is 0 Å². The molecule has 0 aliphatic carbocycles. The molecule has 1 atom stereocenters. The number of hydrogen-bond donors (Lipinski definition) is 1. The van der Waals surface area contributed by atoms with Crippen molar-refractivity contribution >= 4 is 22.9 Å². The quantitative estimate of drug-likeness (QED) is 0.749. The van der Waals surface area contributed by atoms with Crippen molar-refractivity contribution in [2.24, 2.45) is 0 Å². The van der Waals surface area contributed by atoms with E-state index in [-0.39, 0.29) is 11.9 Å². The van der Waals surface area contributed by atoms with Crippen molar-refractivity contribution in [3.63, 3.8) is 0 Å². The minimum absolute atomic E-state index is 0.0460. The van der Waals surface area contributed by atoms with Gasteiger partial charge in [-0.3, -0.25) is 9.69 Å². The first-order valence-electron chi connectivity index (χ1n) is 8.63. The van der Waals surface area contributed by atoms with Crippen LogP contribution in [0.1, 0.15) is 22.6 Å². The summed E-state index contributed by atoms with van der Waals surface area (Å²) in [5.41, 5.74) is 1.56. The van der Waals surface area contributed by atoms with E-state index in [0.29, 0.717) is 0 Å². The summed E-state index contributed by atoms with van der Waals surface area (Å²) in [4.78, 5) is 17.7. The number of carbonyl (C=O) groups excluding carboxylic acids is 1. The van der Waals surface area contributed by atoms with Gasteiger partial charge in [-0.1, -0.05) is 6.07 Å². The van der Waals surface area contributed by atoms with E-state index in [0.717, 1.165) is 37.3 Å². The number of benzene rings is 1. The molecule has 1 unspecified atom stereocenters. The highest BCUT2D eigenvalue weighted by molar-refractivity contribution is 7.11. The monoisotopic (exact) mass is 368 g/mol. The molecule has 0 spiro atoms. The van der Waals surface area contributed by atoms with E-state index in [1.165, 1.54) is 16.1 Å². The molecule has 1 N–H and O–H groups in total. The highest BCUT2D eigenvalue weighted by Gasteiger charge is 2.30. The first kappa shape index (κ1) is 16.9. The lowest BCUT2D eigenvalue weighted by Crippen LogP contribution is -2.39. The Bertz CT molecular complexity index is 891. The fourth-order valence-electron chi connectivity index (χ4n) is 3.31. The fourth-order valence-corrected chi connectivity index (χ4v) is 4.23. The van der Waals surface area contributed by atoms with Crippen LogP contribution < -0.4 is 5.32 Å². The first-order chi connectivity index (χ1) is 12.7. The van der Waals surface area contributed by atoms with Crippen molar-refractivity contribution < 1.29 is 4.79 Å². The summed E-state index contributed by atoms with van der Waals surface area (Å²) in [6, 6.07) is 11.7. The van der Waals surface area contributed by atoms with Crippen molar-refractivity contribution in [3.8, 4) is 5.69 Å². The number of aryl methyl sites for hydroxylation is 1. The van der Waals surface area contributed by atoms with Crippen LogP contribution in [0, 0.1) is 6.92 Å². The largest absolute Gasteiger partial charge is 0.325 e. The summed E-state index contributed by atoms with van der Waals surface area (Å²) in [6.07, 6.45) is 3.47. The summed E-state index contributed by atoms with van der Waals surface area (Å²) in [5, 5.41) is 14.2. The van der Waals surface area contributed by atoms with Gasteiger partial charge in [0.05, 0.1) is 11.7 Å². The van der Waals surface area contributed by atoms with E-state index in [4.69, 9.17) is 0 Å². The predicted octanol–water partition coefficient (Wildman–Crippen LogP) is 2.64. The Labute approximate surface area is 155 Å². The average molecular weight is 368 g/mol. The lowest BCUT2D eigenvalue weighted by Gasteiger charge is -2.23. The number of nitrogens with one attached hydrogen (secondary N) is 1. The summed E-state index contributed by atoms with van der Waals surface area (Å²) < 4.78 is 1.57. The van der Waals surface area contributed by atoms with Gasteiger partial charge in [0.15, 0.2) is 0 Å². The zero-order valence-corrected chi connectivity index (χ0v) is 15.3. The molecule has 3 heterocycles. The van der Waals surface area contributed by atoms with Crippen molar-refractivity contribution in [1.82, 2.24) is 25.1 Å². The Morgan fingerprint density at radius 1 is 1.35 bits per heavy atom. The molecular weight excluding hydrogens is 348 g/mol. The third-order valence-corrected chi connectivity index (χ3v) is 5.53. The second-order valence-electron chi connectivity index (χ2n) is 6.43. The van der Waals surface area contributed by atoms with Gasteiger partial charge in [0.25, 0.3) is 0 Å². The van der Waals surface area contributed by atoms with Gasteiger partial charge in [-0.15, -0.1) is 16.4 Å². The van der Waals surface area contributed by atoms with Gasteiger partial charge in [-0.2, -0.15) is 0 Å². The van der Waals surface area contributed by atoms with Crippen molar-refractivity contribution in [3.05, 3.63) is 52.5 Å². The van der Waals surface area contributed by atoms with Crippen LogP contribution in [0.3, 0.4) is 0 Å². The Morgan fingerprint density at radius 3 is 3.04 bits per heavy atom. The summed E-state index contributed by atoms with van der Waals surface area (Å²) in [7, 11) is 0. The molecule has 1 saturated heterocycles. The molecule has 1 aromatic carbocycles. The summed E-state index contributed by atoms with van der Waals surface area (Å²) >= 11 is 1.80. The second kappa shape index (κ2) is 7.35. The molecule has 3 aromatic rings. The van der Waals surface area contributed by atoms with Crippen LogP contribution in [0.4, 0.5) is 5.69 Å². The zero-order chi connectivity index (χ0) is 17.9. The molecule has 1 fully saturated rings. The number of hydrogen-bond acceptors (Lipinski definition) is 6. The SMILES string of the molecule is Cc1ccc(CN2CCCC2C(=O)Nc2cccc(-n3cnnn3)c2)s1. The average Bonchev–Trinajstić information content (AvgIpc) is 3.37. The van der Waals surface area contributed by atoms with Gasteiger partial charge in [0, 0.05) is 22.0 Å². The van der Waals surface area contributed by atoms with E-state index in [9.17, 15) is 4.79 Å². The fraction of sp³-hybridized carbons (Fsp3) is 0.333. The standard InChI is InChI=1S/C18H20N6OS/c1-13-7-8-16(26-13)11-23-9-3-6-17(23)18(25)20-14-4-2-5-15(10-14)24-12-19-21-22-24/h2,4-5,7-8,10,12,17H,3,6,9,11H2,1H3,(H,20,25). The topological polar surface area (TPSA) is 75.9 Å². The molecule has 1 aliphatic rings. The smallest absolute Gasteiger partial charge is 0.241 e. The summed E-state index contributed by atoms with van der Waals surface area (Å²) in [6.45, 7) is 3.90. The van der Waals surface area contributed by atoms with Gasteiger partial charge in [0.2, 0.25) is 5.91 Å². The number of tetrazole rings is 1. The van der Waals surface area contributed by atoms with Crippen molar-refractivity contribution in [2.45, 2.75) is 32.4 Å². The number of likely N-dealkylation sites (tertiary alicyclic amines) is 1. The number of thiophene rings is 1. The highest BCUT2D eigenvalue weighted by atomic mass is 32.1. The summed E-state index contributed by atoms with van der Waals surface area (Å²) in [5.74, 6) is 0.0460. The molecule has 0 radical (unpaired) electrons. The second-order valence-corrected chi connectivity index (χ2v) is 7.81. The number of carbonyl (C=O) groups is 1. The molecule has 7 nitrogen and oxygen atoms in total. The molecule has 1 aliphatic heterocycles. The van der Waals surface area contributed by atoms with Gasteiger partial charge < -0.3 is 5.32 Å². The highest BCUT2D eigenvalue weighted by Crippen LogP contribution is 2.25. The maximum atomic E-state index is 12.8. The number of amides is 1. The number of anilines is 1. The molecule has 8 heteroatoms. The molecule has 134 valence electrons. The molecule has 0 bridgehead atoms. The number of aromatic nitrogens is 4. The van der Waals surface area contributed by atoms with Gasteiger partial charge in [-0.05, 0) is 67.1 Å². The molecule has 4 rings (SSSR count). The molecule has 0 saturated carbocycles. The van der Waals surface area contributed by atoms with Crippen LogP contribution in [0.5, 0.6) is 0 Å². The molecule has 26 heavy (non-hydrogen) atoms. The maximum absolute atomic E-state index is 12.8. The van der Waals surface area contributed by atoms with E-state index in [1.54, 1.807) is 16.0 Å². The molecular formula is C18H20N6OS. The third-order valence-electron chi connectivity index (χ3n) is 4.55. The minimum atomic E-state index is -0.0888. The zero-order valence-electron chi connectivity index (χ0n) is 14.5. The minimum Gasteiger partial charge on any atom is -0.325 e. The Morgan fingerprint density at radius 2 is 2.27 bits per heavy atom. The van der Waals surface area contributed by atoms with Crippen LogP contribution >= 0.6 is 11.3 Å². The van der Waals surface area contributed by atoms with E-state index >= 15 is 0 Å². The van der Waals surface area contributed by atoms with Gasteiger partial charge in [-0.25, -0.2) is 4.68 Å². The lowest BCUT2D eigenvalue weighted by atomic mass is 10.2. The van der Waals surface area contributed by atoms with Crippen molar-refractivity contribution in [1.29, 1.82) is 0 Å². The van der Waals surface area contributed by atoms with E-state index in [1.807, 2.05) is 24.3 Å². The maximum Gasteiger partial charge on any atom is 0.241 e. The van der Waals surface area contributed by atoms with Gasteiger partial charge in [0.1, 0.15) is 6.33 Å². The molecule has 2 aromatic heterocycles.